The van der Waals surface area contributed by atoms with Crippen LogP contribution in [0.1, 0.15) is 38.8 Å². The SMILES string of the molecule is COc1ccn2cc(CC3CCCCN3C(C)C)nc2c1. The molecule has 1 aliphatic rings. The van der Waals surface area contributed by atoms with E-state index in [-0.39, 0.29) is 0 Å². The van der Waals surface area contributed by atoms with Gasteiger partial charge in [0.25, 0.3) is 0 Å². The van der Waals surface area contributed by atoms with Crippen LogP contribution in [0.4, 0.5) is 0 Å². The van der Waals surface area contributed by atoms with Crippen LogP contribution in [0.15, 0.2) is 24.5 Å². The van der Waals surface area contributed by atoms with Crippen molar-refractivity contribution in [3.8, 4) is 5.75 Å². The summed E-state index contributed by atoms with van der Waals surface area (Å²) in [6.07, 6.45) is 9.18. The third-order valence-corrected chi connectivity index (χ3v) is 4.50. The van der Waals surface area contributed by atoms with E-state index in [1.54, 1.807) is 7.11 Å². The van der Waals surface area contributed by atoms with Crippen LogP contribution in [-0.2, 0) is 6.42 Å². The largest absolute Gasteiger partial charge is 0.497 e. The second-order valence-corrected chi connectivity index (χ2v) is 6.25. The molecule has 1 fully saturated rings. The average molecular weight is 287 g/mol. The molecule has 21 heavy (non-hydrogen) atoms. The highest BCUT2D eigenvalue weighted by Crippen LogP contribution is 2.23. The molecule has 0 radical (unpaired) electrons. The van der Waals surface area contributed by atoms with E-state index in [1.807, 2.05) is 18.3 Å². The lowest BCUT2D eigenvalue weighted by Crippen LogP contribution is -2.45. The molecule has 2 aromatic heterocycles. The first-order valence-corrected chi connectivity index (χ1v) is 7.95. The molecule has 1 unspecified atom stereocenters. The number of imidazole rings is 1. The molecule has 0 N–H and O–H groups in total. The van der Waals surface area contributed by atoms with Crippen molar-refractivity contribution in [2.75, 3.05) is 13.7 Å². The van der Waals surface area contributed by atoms with Crippen LogP contribution >= 0.6 is 0 Å². The number of aromatic nitrogens is 2. The minimum Gasteiger partial charge on any atom is -0.497 e. The molecular weight excluding hydrogens is 262 g/mol. The first kappa shape index (κ1) is 14.4. The lowest BCUT2D eigenvalue weighted by molar-refractivity contribution is 0.111. The maximum atomic E-state index is 5.27. The predicted molar refractivity (Wildman–Crippen MR) is 84.9 cm³/mol. The monoisotopic (exact) mass is 287 g/mol. The fourth-order valence-electron chi connectivity index (χ4n) is 3.40. The number of nitrogens with zero attached hydrogens (tertiary/aromatic N) is 3. The molecule has 4 nitrogen and oxygen atoms in total. The van der Waals surface area contributed by atoms with Crippen molar-refractivity contribution >= 4 is 5.65 Å². The predicted octanol–water partition coefficient (Wildman–Crippen LogP) is 3.15. The summed E-state index contributed by atoms with van der Waals surface area (Å²) in [4.78, 5) is 7.40. The first-order valence-electron chi connectivity index (χ1n) is 7.95. The number of hydrogen-bond acceptors (Lipinski definition) is 3. The number of ether oxygens (including phenoxy) is 1. The summed E-state index contributed by atoms with van der Waals surface area (Å²) in [6.45, 7) is 5.82. The molecule has 0 spiro atoms. The average Bonchev–Trinajstić information content (AvgIpc) is 2.88. The Bertz CT molecular complexity index is 605. The van der Waals surface area contributed by atoms with Crippen molar-refractivity contribution in [2.24, 2.45) is 0 Å². The van der Waals surface area contributed by atoms with Crippen LogP contribution in [0.25, 0.3) is 5.65 Å². The van der Waals surface area contributed by atoms with Crippen molar-refractivity contribution in [3.05, 3.63) is 30.2 Å². The summed E-state index contributed by atoms with van der Waals surface area (Å²) in [5, 5.41) is 0. The van der Waals surface area contributed by atoms with Crippen LogP contribution in [-0.4, -0.2) is 40.0 Å². The van der Waals surface area contributed by atoms with E-state index in [0.717, 1.165) is 17.8 Å². The summed E-state index contributed by atoms with van der Waals surface area (Å²) in [5.74, 6) is 0.862. The Morgan fingerprint density at radius 1 is 1.38 bits per heavy atom. The third-order valence-electron chi connectivity index (χ3n) is 4.50. The standard InChI is InChI=1S/C17H25N3O/c1-13(2)20-8-5-4-6-15(20)10-14-12-19-9-7-16(21-3)11-17(19)18-14/h7,9,11-13,15H,4-6,8,10H2,1-3H3. The topological polar surface area (TPSA) is 29.8 Å². The summed E-state index contributed by atoms with van der Waals surface area (Å²) < 4.78 is 7.35. The number of likely N-dealkylation sites (tertiary alicyclic amines) is 1. The van der Waals surface area contributed by atoms with E-state index in [2.05, 4.69) is 29.3 Å². The van der Waals surface area contributed by atoms with Gasteiger partial charge in [0.05, 0.1) is 12.8 Å². The molecule has 0 saturated carbocycles. The van der Waals surface area contributed by atoms with Crippen molar-refractivity contribution < 1.29 is 4.74 Å². The van der Waals surface area contributed by atoms with Gasteiger partial charge in [0.1, 0.15) is 11.4 Å². The smallest absolute Gasteiger partial charge is 0.140 e. The number of pyridine rings is 1. The molecule has 0 aromatic carbocycles. The van der Waals surface area contributed by atoms with Gasteiger partial charge in [-0.2, -0.15) is 0 Å². The molecule has 114 valence electrons. The van der Waals surface area contributed by atoms with Gasteiger partial charge in [0.15, 0.2) is 0 Å². The Morgan fingerprint density at radius 2 is 2.24 bits per heavy atom. The number of methoxy groups -OCH3 is 1. The zero-order valence-electron chi connectivity index (χ0n) is 13.2. The van der Waals surface area contributed by atoms with Gasteiger partial charge >= 0.3 is 0 Å². The van der Waals surface area contributed by atoms with Gasteiger partial charge < -0.3 is 9.14 Å². The molecular formula is C17H25N3O. The lowest BCUT2D eigenvalue weighted by Gasteiger charge is -2.38. The van der Waals surface area contributed by atoms with Crippen molar-refractivity contribution in [3.63, 3.8) is 0 Å². The Balaban J connectivity index is 1.80. The number of piperidine rings is 1. The Morgan fingerprint density at radius 3 is 3.00 bits per heavy atom. The molecule has 3 rings (SSSR count). The van der Waals surface area contributed by atoms with E-state index in [4.69, 9.17) is 9.72 Å². The molecule has 1 aliphatic heterocycles. The van der Waals surface area contributed by atoms with Gasteiger partial charge in [-0.15, -0.1) is 0 Å². The number of hydrogen-bond donors (Lipinski definition) is 0. The second-order valence-electron chi connectivity index (χ2n) is 6.25. The zero-order valence-corrected chi connectivity index (χ0v) is 13.2. The van der Waals surface area contributed by atoms with Gasteiger partial charge in [-0.25, -0.2) is 4.98 Å². The van der Waals surface area contributed by atoms with Crippen LogP contribution in [0.3, 0.4) is 0 Å². The molecule has 1 saturated heterocycles. The molecule has 0 aliphatic carbocycles. The first-order chi connectivity index (χ1) is 10.2. The molecule has 2 aromatic rings. The number of rotatable bonds is 4. The third kappa shape index (κ3) is 3.05. The van der Waals surface area contributed by atoms with Crippen LogP contribution in [0.2, 0.25) is 0 Å². The van der Waals surface area contributed by atoms with Gasteiger partial charge in [0, 0.05) is 37.0 Å². The fraction of sp³-hybridized carbons (Fsp3) is 0.588. The number of fused-ring (bicyclic) bond motifs is 1. The minimum atomic E-state index is 0.618. The van der Waals surface area contributed by atoms with E-state index >= 15 is 0 Å². The van der Waals surface area contributed by atoms with Gasteiger partial charge in [-0.3, -0.25) is 4.90 Å². The summed E-state index contributed by atoms with van der Waals surface area (Å²) in [7, 11) is 1.69. The molecule has 4 heteroatoms. The molecule has 3 heterocycles. The van der Waals surface area contributed by atoms with Crippen molar-refractivity contribution in [1.29, 1.82) is 0 Å². The summed E-state index contributed by atoms with van der Waals surface area (Å²) in [5.41, 5.74) is 2.15. The van der Waals surface area contributed by atoms with E-state index < -0.39 is 0 Å². The van der Waals surface area contributed by atoms with Crippen molar-refractivity contribution in [2.45, 2.75) is 51.6 Å². The maximum absolute atomic E-state index is 5.27. The normalized spacial score (nSPS) is 20.3. The molecule has 1 atom stereocenters. The van der Waals surface area contributed by atoms with Gasteiger partial charge in [-0.05, 0) is 39.3 Å². The summed E-state index contributed by atoms with van der Waals surface area (Å²) >= 11 is 0. The van der Waals surface area contributed by atoms with Gasteiger partial charge in [-0.1, -0.05) is 6.42 Å². The van der Waals surface area contributed by atoms with Crippen molar-refractivity contribution in [1.82, 2.24) is 14.3 Å². The Hall–Kier alpha value is -1.55. The van der Waals surface area contributed by atoms with E-state index in [0.29, 0.717) is 12.1 Å². The molecule has 0 amide bonds. The van der Waals surface area contributed by atoms with Crippen LogP contribution in [0.5, 0.6) is 5.75 Å². The Kier molecular flexibility index (Phi) is 4.15. The highest BCUT2D eigenvalue weighted by molar-refractivity contribution is 5.45. The summed E-state index contributed by atoms with van der Waals surface area (Å²) in [6, 6.07) is 5.21. The Labute approximate surface area is 126 Å². The highest BCUT2D eigenvalue weighted by Gasteiger charge is 2.25. The zero-order chi connectivity index (χ0) is 14.8. The van der Waals surface area contributed by atoms with Crippen LogP contribution in [0, 0.1) is 0 Å². The maximum Gasteiger partial charge on any atom is 0.140 e. The lowest BCUT2D eigenvalue weighted by atomic mass is 9.97. The van der Waals surface area contributed by atoms with E-state index in [9.17, 15) is 0 Å². The quantitative estimate of drug-likeness (QED) is 0.865. The van der Waals surface area contributed by atoms with Crippen LogP contribution < -0.4 is 4.74 Å². The van der Waals surface area contributed by atoms with Gasteiger partial charge in [0.2, 0.25) is 0 Å². The highest BCUT2D eigenvalue weighted by atomic mass is 16.5. The minimum absolute atomic E-state index is 0.618. The van der Waals surface area contributed by atoms with E-state index in [1.165, 1.54) is 31.5 Å². The molecule has 0 bridgehead atoms. The second kappa shape index (κ2) is 6.06. The fourth-order valence-corrected chi connectivity index (χ4v) is 3.40.